The van der Waals surface area contributed by atoms with Crippen LogP contribution in [0.5, 0.6) is 0 Å². The van der Waals surface area contributed by atoms with E-state index in [1.54, 1.807) is 18.2 Å². The van der Waals surface area contributed by atoms with Crippen molar-refractivity contribution in [1.82, 2.24) is 24.7 Å². The Balaban J connectivity index is 0.00000320. The van der Waals surface area contributed by atoms with Crippen molar-refractivity contribution in [3.05, 3.63) is 109 Å². The van der Waals surface area contributed by atoms with E-state index in [0.29, 0.717) is 29.0 Å². The molecule has 0 saturated carbocycles. The molecule has 0 bridgehead atoms. The molecule has 5 aromatic rings. The molecule has 0 amide bonds. The normalized spacial score (nSPS) is 11.2. The molecule has 5 rings (SSSR count). The average molecular weight is 676 g/mol. The summed E-state index contributed by atoms with van der Waals surface area (Å²) in [5.41, 5.74) is 0.974. The molecule has 0 aliphatic heterocycles. The summed E-state index contributed by atoms with van der Waals surface area (Å²) in [6, 6.07) is 24.9. The predicted molar refractivity (Wildman–Crippen MR) is 133 cm³/mol. The smallest absolute Gasteiger partial charge is 0.349 e. The molecule has 0 atom stereocenters. The van der Waals surface area contributed by atoms with E-state index in [1.807, 2.05) is 74.2 Å². The van der Waals surface area contributed by atoms with E-state index >= 15 is 0 Å². The van der Waals surface area contributed by atoms with Crippen LogP contribution in [0.25, 0.3) is 17.1 Å². The Hall–Kier alpha value is -3.77. The van der Waals surface area contributed by atoms with Crippen molar-refractivity contribution >= 4 is 17.3 Å². The van der Waals surface area contributed by atoms with Crippen LogP contribution in [-0.2, 0) is 26.5 Å². The molecule has 188 valence electrons. The maximum Gasteiger partial charge on any atom is 2.00 e. The van der Waals surface area contributed by atoms with Crippen LogP contribution in [-0.4, -0.2) is 24.7 Å². The van der Waals surface area contributed by atoms with Crippen LogP contribution in [0, 0.1) is 24.0 Å². The Labute approximate surface area is 228 Å². The van der Waals surface area contributed by atoms with Gasteiger partial charge < -0.3 is 9.67 Å². The number of nitrogens with zero attached hydrogens (tertiary/aromatic N) is 6. The Morgan fingerprint density at radius 2 is 1.57 bits per heavy atom. The molecular weight excluding hydrogens is 653 g/mol. The molecule has 9 heteroatoms. The number of aromatic nitrogens is 5. The molecule has 3 aromatic heterocycles. The van der Waals surface area contributed by atoms with Crippen LogP contribution >= 0.6 is 0 Å². The van der Waals surface area contributed by atoms with Gasteiger partial charge in [-0.15, -0.1) is 12.1 Å². The first-order valence-electron chi connectivity index (χ1n) is 11.3. The van der Waals surface area contributed by atoms with Crippen molar-refractivity contribution in [3.8, 4) is 17.1 Å². The first-order chi connectivity index (χ1) is 17.3. The summed E-state index contributed by atoms with van der Waals surface area (Å²) in [5.74, 6) is 0.819. The number of rotatable bonds is 5. The molecule has 3 heterocycles. The third-order valence-corrected chi connectivity index (χ3v) is 5.37. The van der Waals surface area contributed by atoms with E-state index in [-0.39, 0.29) is 32.0 Å². The first kappa shape index (κ1) is 26.3. The first-order valence-corrected chi connectivity index (χ1v) is 11.3. The fraction of sp³-hybridized carbons (Fsp3) is 0.143. The molecule has 0 aliphatic rings. The SMILES string of the molecule is CC(C)(C)c1n[c-]n(-c2cccc(N(c3ccccc3)c3cccc(-c4[c-]cc(F)cc4F)n3)n2)n1.[Pt+2]. The predicted octanol–water partition coefficient (Wildman–Crippen LogP) is 6.37. The number of para-hydroxylation sites is 1. The van der Waals surface area contributed by atoms with Crippen LogP contribution in [0.15, 0.2) is 78.9 Å². The Bertz CT molecular complexity index is 1510. The van der Waals surface area contributed by atoms with Gasteiger partial charge in [0, 0.05) is 23.6 Å². The molecule has 0 N–H and O–H groups in total. The summed E-state index contributed by atoms with van der Waals surface area (Å²) in [6.07, 6.45) is 2.90. The van der Waals surface area contributed by atoms with Gasteiger partial charge in [0.15, 0.2) is 0 Å². The van der Waals surface area contributed by atoms with Crippen LogP contribution in [0.2, 0.25) is 0 Å². The van der Waals surface area contributed by atoms with Gasteiger partial charge in [-0.1, -0.05) is 74.9 Å². The Morgan fingerprint density at radius 3 is 2.24 bits per heavy atom. The van der Waals surface area contributed by atoms with Crippen LogP contribution in [0.3, 0.4) is 0 Å². The van der Waals surface area contributed by atoms with Crippen molar-refractivity contribution in [2.24, 2.45) is 0 Å². The molecular formula is C28H22F2N6Pt. The minimum Gasteiger partial charge on any atom is -0.349 e. The van der Waals surface area contributed by atoms with E-state index in [9.17, 15) is 8.78 Å². The number of pyridine rings is 2. The molecule has 6 nitrogen and oxygen atoms in total. The maximum atomic E-state index is 14.5. The quantitative estimate of drug-likeness (QED) is 0.203. The minimum atomic E-state index is -0.734. The van der Waals surface area contributed by atoms with Gasteiger partial charge in [-0.3, -0.25) is 23.6 Å². The number of benzene rings is 2. The molecule has 0 aliphatic carbocycles. The van der Waals surface area contributed by atoms with E-state index in [2.05, 4.69) is 27.5 Å². The second kappa shape index (κ2) is 10.7. The van der Waals surface area contributed by atoms with Crippen LogP contribution in [0.4, 0.5) is 26.1 Å². The molecule has 0 spiro atoms. The molecule has 0 unspecified atom stereocenters. The molecule has 0 saturated heterocycles. The minimum absolute atomic E-state index is 0. The van der Waals surface area contributed by atoms with E-state index in [4.69, 9.17) is 4.98 Å². The summed E-state index contributed by atoms with van der Waals surface area (Å²) in [7, 11) is 0. The summed E-state index contributed by atoms with van der Waals surface area (Å²) in [4.78, 5) is 15.6. The van der Waals surface area contributed by atoms with Gasteiger partial charge in [0.05, 0.1) is 11.6 Å². The zero-order chi connectivity index (χ0) is 25.3. The standard InChI is InChI=1S/C28H22F2N6.Pt/c1-28(2,3)27-31-18-35(34-27)24-12-8-14-26(33-24)36(20-9-5-4-6-10-20)25-13-7-11-23(32-25)21-16-15-19(29)17-22(21)30;/h4-15,17H,1-3H3;/q-2;+2. The average Bonchev–Trinajstić information content (AvgIpc) is 3.37. The summed E-state index contributed by atoms with van der Waals surface area (Å²) < 4.78 is 29.4. The maximum absolute atomic E-state index is 14.5. The van der Waals surface area contributed by atoms with Gasteiger partial charge >= 0.3 is 21.1 Å². The zero-order valence-corrected chi connectivity index (χ0v) is 22.5. The van der Waals surface area contributed by atoms with Crippen molar-refractivity contribution in [2.75, 3.05) is 4.90 Å². The van der Waals surface area contributed by atoms with E-state index < -0.39 is 11.6 Å². The van der Waals surface area contributed by atoms with Crippen LogP contribution < -0.4 is 4.90 Å². The number of hydrogen-bond acceptors (Lipinski definition) is 5. The molecule has 0 radical (unpaired) electrons. The third kappa shape index (κ3) is 5.64. The summed E-state index contributed by atoms with van der Waals surface area (Å²) in [6.45, 7) is 6.09. The molecule has 0 fully saturated rings. The topological polar surface area (TPSA) is 59.7 Å². The summed E-state index contributed by atoms with van der Waals surface area (Å²) in [5, 5.41) is 4.55. The van der Waals surface area contributed by atoms with Gasteiger partial charge in [0.1, 0.15) is 11.6 Å². The van der Waals surface area contributed by atoms with Gasteiger partial charge in [0.2, 0.25) is 0 Å². The van der Waals surface area contributed by atoms with Gasteiger partial charge in [0.25, 0.3) is 0 Å². The van der Waals surface area contributed by atoms with E-state index in [0.717, 1.165) is 17.8 Å². The van der Waals surface area contributed by atoms with Gasteiger partial charge in [-0.05, 0) is 35.4 Å². The monoisotopic (exact) mass is 675 g/mol. The van der Waals surface area contributed by atoms with Gasteiger partial charge in [-0.2, -0.15) is 0 Å². The van der Waals surface area contributed by atoms with Crippen molar-refractivity contribution in [3.63, 3.8) is 0 Å². The Kier molecular flexibility index (Phi) is 7.60. The Morgan fingerprint density at radius 1 is 0.865 bits per heavy atom. The van der Waals surface area contributed by atoms with Gasteiger partial charge in [-0.25, -0.2) is 5.10 Å². The molecule has 2 aromatic carbocycles. The van der Waals surface area contributed by atoms with E-state index in [1.165, 1.54) is 4.68 Å². The second-order valence-corrected chi connectivity index (χ2v) is 9.14. The van der Waals surface area contributed by atoms with Crippen LogP contribution in [0.1, 0.15) is 26.6 Å². The fourth-order valence-corrected chi connectivity index (χ4v) is 3.60. The number of anilines is 3. The third-order valence-electron chi connectivity index (χ3n) is 5.37. The number of hydrogen-bond donors (Lipinski definition) is 0. The second-order valence-electron chi connectivity index (χ2n) is 9.14. The van der Waals surface area contributed by atoms with Crippen molar-refractivity contribution in [1.29, 1.82) is 0 Å². The van der Waals surface area contributed by atoms with Crippen molar-refractivity contribution in [2.45, 2.75) is 26.2 Å². The summed E-state index contributed by atoms with van der Waals surface area (Å²) >= 11 is 0. The fourth-order valence-electron chi connectivity index (χ4n) is 3.60. The zero-order valence-electron chi connectivity index (χ0n) is 20.3. The largest absolute Gasteiger partial charge is 2.00 e. The number of halogens is 2. The molecule has 37 heavy (non-hydrogen) atoms. The van der Waals surface area contributed by atoms with Crippen molar-refractivity contribution < 1.29 is 29.8 Å².